The third-order valence-corrected chi connectivity index (χ3v) is 5.76. The summed E-state index contributed by atoms with van der Waals surface area (Å²) < 4.78 is 15.4. The number of halogens is 1. The number of aromatic nitrogens is 4. The van der Waals surface area contributed by atoms with Crippen LogP contribution in [0.15, 0.2) is 54.0 Å². The highest BCUT2D eigenvalue weighted by Crippen LogP contribution is 2.28. The van der Waals surface area contributed by atoms with Crippen molar-refractivity contribution in [2.45, 2.75) is 39.0 Å². The Balaban J connectivity index is 0.000000354. The molecule has 1 fully saturated rings. The molecule has 5 rings (SSSR count). The second kappa shape index (κ2) is 9.48. The molecule has 0 saturated heterocycles. The summed E-state index contributed by atoms with van der Waals surface area (Å²) in [5.41, 5.74) is 3.66. The van der Waals surface area contributed by atoms with Gasteiger partial charge in [-0.15, -0.1) is 0 Å². The van der Waals surface area contributed by atoms with E-state index in [0.717, 1.165) is 41.8 Å². The summed E-state index contributed by atoms with van der Waals surface area (Å²) in [6.07, 6.45) is 10.3. The summed E-state index contributed by atoms with van der Waals surface area (Å²) in [6, 6.07) is 5.98. The van der Waals surface area contributed by atoms with Gasteiger partial charge < -0.3 is 19.6 Å². The van der Waals surface area contributed by atoms with Gasteiger partial charge in [0.15, 0.2) is 0 Å². The lowest BCUT2D eigenvalue weighted by molar-refractivity contribution is 0.144. The quantitative estimate of drug-likeness (QED) is 0.500. The third-order valence-electron chi connectivity index (χ3n) is 5.76. The molecule has 0 aromatic carbocycles. The van der Waals surface area contributed by atoms with Gasteiger partial charge in [-0.1, -0.05) is 13.0 Å². The third kappa shape index (κ3) is 4.65. The van der Waals surface area contributed by atoms with Crippen LogP contribution in [0.3, 0.4) is 0 Å². The van der Waals surface area contributed by atoms with E-state index in [1.54, 1.807) is 17.0 Å². The Hall–Kier alpha value is -3.26. The zero-order valence-electron chi connectivity index (χ0n) is 18.7. The van der Waals surface area contributed by atoms with Crippen molar-refractivity contribution in [3.05, 3.63) is 70.8 Å². The standard InChI is InChI=1S/C19H20N6O.C5H9F/c1-20-7-13-3-4-18-23-14(12-25(18)10-13)11-24-6-5-15-16(19(24)26)8-22-9-17(15)21-2;1-4-2-5(6)3-4/h3-6,8-10,12,20-21H,7,11H2,1-2H3;4-5H,2-3H2,1H3. The van der Waals surface area contributed by atoms with Gasteiger partial charge >= 0.3 is 0 Å². The number of fused-ring (bicyclic) bond motifs is 2. The second-order valence-corrected chi connectivity index (χ2v) is 8.39. The normalized spacial score (nSPS) is 17.6. The molecule has 7 nitrogen and oxygen atoms in total. The van der Waals surface area contributed by atoms with Gasteiger partial charge in [0.2, 0.25) is 0 Å². The lowest BCUT2D eigenvalue weighted by atomic mass is 9.85. The first-order valence-corrected chi connectivity index (χ1v) is 10.9. The highest BCUT2D eigenvalue weighted by atomic mass is 19.1. The van der Waals surface area contributed by atoms with Gasteiger partial charge in [-0.25, -0.2) is 9.37 Å². The van der Waals surface area contributed by atoms with Crippen LogP contribution in [0, 0.1) is 5.92 Å². The molecule has 0 bridgehead atoms. The minimum Gasteiger partial charge on any atom is -0.386 e. The molecular formula is C24H29FN6O. The number of alkyl halides is 1. The van der Waals surface area contributed by atoms with Crippen LogP contribution < -0.4 is 16.2 Å². The molecule has 0 radical (unpaired) electrons. The second-order valence-electron chi connectivity index (χ2n) is 8.39. The summed E-state index contributed by atoms with van der Waals surface area (Å²) in [7, 11) is 3.74. The van der Waals surface area contributed by atoms with Gasteiger partial charge in [0.25, 0.3) is 5.56 Å². The monoisotopic (exact) mass is 436 g/mol. The Morgan fingerprint density at radius 1 is 1.12 bits per heavy atom. The topological polar surface area (TPSA) is 76.2 Å². The Bertz CT molecular complexity index is 1270. The maximum absolute atomic E-state index is 12.8. The van der Waals surface area contributed by atoms with Crippen molar-refractivity contribution in [3.63, 3.8) is 0 Å². The van der Waals surface area contributed by atoms with E-state index >= 15 is 0 Å². The summed E-state index contributed by atoms with van der Waals surface area (Å²) in [6.45, 7) is 3.30. The maximum Gasteiger partial charge on any atom is 0.260 e. The van der Waals surface area contributed by atoms with Crippen LogP contribution >= 0.6 is 0 Å². The van der Waals surface area contributed by atoms with Gasteiger partial charge in [0.1, 0.15) is 11.8 Å². The first kappa shape index (κ1) is 22.0. The number of imidazole rings is 1. The van der Waals surface area contributed by atoms with Crippen LogP contribution in [-0.4, -0.2) is 39.2 Å². The van der Waals surface area contributed by atoms with Gasteiger partial charge in [-0.2, -0.15) is 0 Å². The Morgan fingerprint density at radius 2 is 1.94 bits per heavy atom. The first-order chi connectivity index (χ1) is 15.5. The highest BCUT2D eigenvalue weighted by molar-refractivity contribution is 5.92. The lowest BCUT2D eigenvalue weighted by Gasteiger charge is -2.24. The number of rotatable bonds is 5. The van der Waals surface area contributed by atoms with Crippen LogP contribution in [0.25, 0.3) is 16.4 Å². The van der Waals surface area contributed by atoms with Crippen molar-refractivity contribution < 1.29 is 4.39 Å². The molecule has 4 aromatic heterocycles. The fourth-order valence-corrected chi connectivity index (χ4v) is 3.99. The summed E-state index contributed by atoms with van der Waals surface area (Å²) in [4.78, 5) is 21.6. The molecule has 1 aliphatic carbocycles. The molecule has 32 heavy (non-hydrogen) atoms. The van der Waals surface area contributed by atoms with Crippen molar-refractivity contribution in [2.24, 2.45) is 5.92 Å². The lowest BCUT2D eigenvalue weighted by Crippen LogP contribution is -2.21. The van der Waals surface area contributed by atoms with Crippen LogP contribution in [0.2, 0.25) is 0 Å². The van der Waals surface area contributed by atoms with E-state index in [-0.39, 0.29) is 5.56 Å². The zero-order valence-corrected chi connectivity index (χ0v) is 18.7. The molecule has 8 heteroatoms. The molecular weight excluding hydrogens is 407 g/mol. The fraction of sp³-hybridized carbons (Fsp3) is 0.375. The molecule has 168 valence electrons. The minimum absolute atomic E-state index is 0.0694. The molecule has 1 aliphatic rings. The number of hydrogen-bond donors (Lipinski definition) is 2. The van der Waals surface area contributed by atoms with E-state index < -0.39 is 6.17 Å². The largest absolute Gasteiger partial charge is 0.386 e. The van der Waals surface area contributed by atoms with Gasteiger partial charge in [-0.3, -0.25) is 9.78 Å². The van der Waals surface area contributed by atoms with Gasteiger partial charge in [-0.05, 0) is 43.5 Å². The molecule has 4 heterocycles. The molecule has 2 N–H and O–H groups in total. The van der Waals surface area contributed by atoms with Crippen molar-refractivity contribution in [3.8, 4) is 0 Å². The Morgan fingerprint density at radius 3 is 2.59 bits per heavy atom. The molecule has 4 aromatic rings. The van der Waals surface area contributed by atoms with Crippen LogP contribution in [0.1, 0.15) is 31.0 Å². The Labute approximate surface area is 186 Å². The first-order valence-electron chi connectivity index (χ1n) is 10.9. The number of nitrogens with zero attached hydrogens (tertiary/aromatic N) is 4. The molecule has 0 amide bonds. The number of pyridine rings is 3. The van der Waals surface area contributed by atoms with Crippen molar-refractivity contribution in [1.82, 2.24) is 24.3 Å². The van der Waals surface area contributed by atoms with Gasteiger partial charge in [0, 0.05) is 43.8 Å². The van der Waals surface area contributed by atoms with E-state index in [1.807, 2.05) is 43.0 Å². The molecule has 0 aliphatic heterocycles. The van der Waals surface area contributed by atoms with E-state index in [9.17, 15) is 9.18 Å². The van der Waals surface area contributed by atoms with Gasteiger partial charge in [0.05, 0.1) is 29.5 Å². The summed E-state index contributed by atoms with van der Waals surface area (Å²) in [5.74, 6) is 0.667. The predicted octanol–water partition coefficient (Wildman–Crippen LogP) is 3.61. The summed E-state index contributed by atoms with van der Waals surface area (Å²) in [5, 5.41) is 7.67. The zero-order chi connectivity index (χ0) is 22.7. The minimum atomic E-state index is -0.458. The maximum atomic E-state index is 12.8. The SMILES string of the molecule is CC1CC(F)C1.CNCc1ccc2nc(Cn3ccc4c(NC)cncc4c3=O)cn2c1. The van der Waals surface area contributed by atoms with E-state index in [2.05, 4.69) is 39.8 Å². The van der Waals surface area contributed by atoms with E-state index in [0.29, 0.717) is 17.8 Å². The van der Waals surface area contributed by atoms with Crippen LogP contribution in [0.5, 0.6) is 0 Å². The van der Waals surface area contributed by atoms with E-state index in [4.69, 9.17) is 0 Å². The predicted molar refractivity (Wildman–Crippen MR) is 126 cm³/mol. The molecule has 0 unspecified atom stereocenters. The van der Waals surface area contributed by atoms with Crippen molar-refractivity contribution in [1.29, 1.82) is 0 Å². The number of hydrogen-bond acceptors (Lipinski definition) is 5. The van der Waals surface area contributed by atoms with Crippen LogP contribution in [-0.2, 0) is 13.1 Å². The van der Waals surface area contributed by atoms with Crippen molar-refractivity contribution >= 4 is 22.1 Å². The molecule has 0 atom stereocenters. The van der Waals surface area contributed by atoms with E-state index in [1.165, 1.54) is 5.56 Å². The molecule has 0 spiro atoms. The number of nitrogens with one attached hydrogen (secondary N) is 2. The van der Waals surface area contributed by atoms with Crippen LogP contribution in [0.4, 0.5) is 10.1 Å². The van der Waals surface area contributed by atoms with Crippen molar-refractivity contribution in [2.75, 3.05) is 19.4 Å². The summed E-state index contributed by atoms with van der Waals surface area (Å²) >= 11 is 0. The average Bonchev–Trinajstić information content (AvgIpc) is 3.17. The number of anilines is 1. The fourth-order valence-electron chi connectivity index (χ4n) is 3.99. The average molecular weight is 437 g/mol. The molecule has 1 saturated carbocycles. The Kier molecular flexibility index (Phi) is 6.50. The highest BCUT2D eigenvalue weighted by Gasteiger charge is 2.23. The smallest absolute Gasteiger partial charge is 0.260 e.